The summed E-state index contributed by atoms with van der Waals surface area (Å²) in [6.07, 6.45) is 5.26. The molecule has 0 aliphatic heterocycles. The Hall–Kier alpha value is -2.02. The molecule has 4 rings (SSSR count). The summed E-state index contributed by atoms with van der Waals surface area (Å²) in [6.45, 7) is 4.85. The van der Waals surface area contributed by atoms with Crippen molar-refractivity contribution in [3.05, 3.63) is 29.3 Å². The first-order chi connectivity index (χ1) is 12.5. The first kappa shape index (κ1) is 17.4. The number of nitrogens with zero attached hydrogens (tertiary/aromatic N) is 5. The maximum atomic E-state index is 5.97. The summed E-state index contributed by atoms with van der Waals surface area (Å²) in [6, 6.07) is 2.42. The summed E-state index contributed by atoms with van der Waals surface area (Å²) in [5.41, 5.74) is 7.11. The Morgan fingerprint density at radius 3 is 2.62 bits per heavy atom. The number of nitrogens with two attached hydrogens (primary N) is 1. The van der Waals surface area contributed by atoms with Gasteiger partial charge in [0.15, 0.2) is 5.82 Å². The molecule has 0 saturated heterocycles. The third-order valence-corrected chi connectivity index (χ3v) is 5.15. The van der Waals surface area contributed by atoms with Crippen LogP contribution in [-0.4, -0.2) is 33.2 Å². The largest absolute Gasteiger partial charge is 0.350 e. The van der Waals surface area contributed by atoms with E-state index in [4.69, 9.17) is 20.2 Å². The lowest BCUT2D eigenvalue weighted by Crippen LogP contribution is -2.35. The first-order valence-electron chi connectivity index (χ1n) is 9.65. The lowest BCUT2D eigenvalue weighted by molar-refractivity contribution is 0.344. The fourth-order valence-corrected chi connectivity index (χ4v) is 3.39. The van der Waals surface area contributed by atoms with Gasteiger partial charge in [-0.3, -0.25) is 0 Å². The van der Waals surface area contributed by atoms with Crippen LogP contribution in [0.2, 0.25) is 0 Å². The van der Waals surface area contributed by atoms with E-state index in [1.54, 1.807) is 0 Å². The van der Waals surface area contributed by atoms with Gasteiger partial charge in [0, 0.05) is 43.1 Å². The van der Waals surface area contributed by atoms with E-state index in [0.29, 0.717) is 36.2 Å². The lowest BCUT2D eigenvalue weighted by Gasteiger charge is -2.32. The van der Waals surface area contributed by atoms with Gasteiger partial charge in [-0.25, -0.2) is 9.97 Å². The standard InChI is InChI=1S/C19H28N6O/c1-11(2)6-16-22-18(26-24-16)10-25(3)17-9-15(13-7-14(20)8-13)21-19(23-17)12-4-5-12/h9,11-14H,4-8,10,20H2,1-3H3. The highest BCUT2D eigenvalue weighted by atomic mass is 16.5. The lowest BCUT2D eigenvalue weighted by atomic mass is 9.78. The highest BCUT2D eigenvalue weighted by Gasteiger charge is 2.32. The molecule has 0 aromatic carbocycles. The average molecular weight is 356 g/mol. The van der Waals surface area contributed by atoms with E-state index in [9.17, 15) is 0 Å². The zero-order valence-corrected chi connectivity index (χ0v) is 15.9. The second-order valence-electron chi connectivity index (χ2n) is 8.27. The smallest absolute Gasteiger partial charge is 0.246 e. The minimum absolute atomic E-state index is 0.318. The van der Waals surface area contributed by atoms with Crippen molar-refractivity contribution < 1.29 is 4.52 Å². The molecule has 0 radical (unpaired) electrons. The molecular weight excluding hydrogens is 328 g/mol. The maximum absolute atomic E-state index is 5.97. The molecule has 7 nitrogen and oxygen atoms in total. The van der Waals surface area contributed by atoms with Crippen molar-refractivity contribution in [3.63, 3.8) is 0 Å². The summed E-state index contributed by atoms with van der Waals surface area (Å²) in [5, 5.41) is 4.08. The molecule has 2 aromatic rings. The molecule has 2 N–H and O–H groups in total. The summed E-state index contributed by atoms with van der Waals surface area (Å²) in [4.78, 5) is 16.2. The van der Waals surface area contributed by atoms with Crippen molar-refractivity contribution in [1.82, 2.24) is 20.1 Å². The Morgan fingerprint density at radius 2 is 1.96 bits per heavy atom. The van der Waals surface area contributed by atoms with Gasteiger partial charge in [0.2, 0.25) is 5.89 Å². The molecule has 2 aromatic heterocycles. The van der Waals surface area contributed by atoms with Crippen LogP contribution in [0.3, 0.4) is 0 Å². The fraction of sp³-hybridized carbons (Fsp3) is 0.684. The molecule has 140 valence electrons. The normalized spacial score (nSPS) is 22.5. The Balaban J connectivity index is 1.51. The number of hydrogen-bond acceptors (Lipinski definition) is 7. The van der Waals surface area contributed by atoms with Gasteiger partial charge in [0.25, 0.3) is 0 Å². The van der Waals surface area contributed by atoms with Gasteiger partial charge in [0.05, 0.1) is 6.54 Å². The highest BCUT2D eigenvalue weighted by Crippen LogP contribution is 2.41. The van der Waals surface area contributed by atoms with Gasteiger partial charge in [-0.2, -0.15) is 4.98 Å². The van der Waals surface area contributed by atoms with Crippen molar-refractivity contribution in [2.75, 3.05) is 11.9 Å². The monoisotopic (exact) mass is 356 g/mol. The van der Waals surface area contributed by atoms with E-state index in [1.165, 1.54) is 12.8 Å². The summed E-state index contributed by atoms with van der Waals surface area (Å²) in [7, 11) is 2.02. The third-order valence-electron chi connectivity index (χ3n) is 5.15. The number of aromatic nitrogens is 4. The van der Waals surface area contributed by atoms with E-state index in [-0.39, 0.29) is 0 Å². The number of anilines is 1. The second kappa shape index (κ2) is 6.95. The molecule has 0 spiro atoms. The zero-order chi connectivity index (χ0) is 18.3. The molecular formula is C19H28N6O. The summed E-state index contributed by atoms with van der Waals surface area (Å²) in [5.74, 6) is 4.82. The van der Waals surface area contributed by atoms with E-state index in [2.05, 4.69) is 35.0 Å². The molecule has 2 heterocycles. The topological polar surface area (TPSA) is 94.0 Å². The first-order valence-corrected chi connectivity index (χ1v) is 9.65. The SMILES string of the molecule is CC(C)Cc1noc(CN(C)c2cc(C3CC(N)C3)nc(C3CC3)n2)n1. The van der Waals surface area contributed by atoms with Crippen LogP contribution >= 0.6 is 0 Å². The van der Waals surface area contributed by atoms with Crippen LogP contribution in [0.5, 0.6) is 0 Å². The minimum Gasteiger partial charge on any atom is -0.350 e. The predicted octanol–water partition coefficient (Wildman–Crippen LogP) is 2.78. The van der Waals surface area contributed by atoms with Crippen molar-refractivity contribution in [2.24, 2.45) is 11.7 Å². The van der Waals surface area contributed by atoms with Crippen LogP contribution in [0.1, 0.15) is 74.6 Å². The number of rotatable bonds is 7. The molecule has 0 bridgehead atoms. The maximum Gasteiger partial charge on any atom is 0.246 e. The fourth-order valence-electron chi connectivity index (χ4n) is 3.39. The summed E-state index contributed by atoms with van der Waals surface area (Å²) >= 11 is 0. The van der Waals surface area contributed by atoms with Gasteiger partial charge in [-0.15, -0.1) is 0 Å². The Kier molecular flexibility index (Phi) is 4.65. The second-order valence-corrected chi connectivity index (χ2v) is 8.27. The van der Waals surface area contributed by atoms with E-state index < -0.39 is 0 Å². The molecule has 7 heteroatoms. The Labute approximate surface area is 154 Å². The van der Waals surface area contributed by atoms with Gasteiger partial charge >= 0.3 is 0 Å². The minimum atomic E-state index is 0.318. The van der Waals surface area contributed by atoms with Crippen LogP contribution in [0.25, 0.3) is 0 Å². The molecule has 2 saturated carbocycles. The predicted molar refractivity (Wildman–Crippen MR) is 98.9 cm³/mol. The van der Waals surface area contributed by atoms with Crippen molar-refractivity contribution >= 4 is 5.82 Å². The molecule has 2 aliphatic rings. The van der Waals surface area contributed by atoms with Crippen LogP contribution in [-0.2, 0) is 13.0 Å². The molecule has 2 fully saturated rings. The molecule has 0 atom stereocenters. The van der Waals surface area contributed by atoms with Crippen LogP contribution < -0.4 is 10.6 Å². The van der Waals surface area contributed by atoms with Crippen LogP contribution in [0.15, 0.2) is 10.6 Å². The molecule has 0 unspecified atom stereocenters. The van der Waals surface area contributed by atoms with E-state index >= 15 is 0 Å². The quantitative estimate of drug-likeness (QED) is 0.815. The Bertz CT molecular complexity index is 763. The molecule has 2 aliphatic carbocycles. The number of hydrogen-bond donors (Lipinski definition) is 1. The van der Waals surface area contributed by atoms with E-state index in [1.807, 2.05) is 7.05 Å². The third kappa shape index (κ3) is 3.87. The zero-order valence-electron chi connectivity index (χ0n) is 15.9. The molecule has 26 heavy (non-hydrogen) atoms. The average Bonchev–Trinajstić information content (AvgIpc) is 3.33. The molecule has 0 amide bonds. The van der Waals surface area contributed by atoms with Crippen molar-refractivity contribution in [1.29, 1.82) is 0 Å². The van der Waals surface area contributed by atoms with Crippen molar-refractivity contribution in [3.8, 4) is 0 Å². The van der Waals surface area contributed by atoms with Crippen LogP contribution in [0, 0.1) is 5.92 Å². The van der Waals surface area contributed by atoms with Gasteiger partial charge < -0.3 is 15.2 Å². The van der Waals surface area contributed by atoms with Crippen LogP contribution in [0.4, 0.5) is 5.82 Å². The van der Waals surface area contributed by atoms with E-state index in [0.717, 1.165) is 42.4 Å². The Morgan fingerprint density at radius 1 is 1.19 bits per heavy atom. The van der Waals surface area contributed by atoms with Gasteiger partial charge in [0.1, 0.15) is 11.6 Å². The van der Waals surface area contributed by atoms with Crippen molar-refractivity contribution in [2.45, 2.75) is 70.4 Å². The highest BCUT2D eigenvalue weighted by molar-refractivity contribution is 5.41. The van der Waals surface area contributed by atoms with Gasteiger partial charge in [-0.05, 0) is 31.6 Å². The summed E-state index contributed by atoms with van der Waals surface area (Å²) < 4.78 is 5.41. The van der Waals surface area contributed by atoms with Gasteiger partial charge in [-0.1, -0.05) is 19.0 Å².